The Morgan fingerprint density at radius 2 is 1.81 bits per heavy atom. The van der Waals surface area contributed by atoms with Gasteiger partial charge in [0.05, 0.1) is 0 Å². The van der Waals surface area contributed by atoms with Gasteiger partial charge in [-0.1, -0.05) is 31.2 Å². The van der Waals surface area contributed by atoms with Gasteiger partial charge < -0.3 is 14.8 Å². The van der Waals surface area contributed by atoms with E-state index in [2.05, 4.69) is 24.1 Å². The molecule has 21 heavy (non-hydrogen) atoms. The molecule has 0 spiro atoms. The Labute approximate surface area is 126 Å². The van der Waals surface area contributed by atoms with Crippen molar-refractivity contribution in [3.63, 3.8) is 0 Å². The van der Waals surface area contributed by atoms with Crippen molar-refractivity contribution in [1.82, 2.24) is 10.3 Å². The van der Waals surface area contributed by atoms with E-state index in [9.17, 15) is 0 Å². The van der Waals surface area contributed by atoms with Crippen molar-refractivity contribution in [2.24, 2.45) is 0 Å². The zero-order valence-electron chi connectivity index (χ0n) is 12.6. The number of nitrogens with one attached hydrogen (secondary N) is 1. The van der Waals surface area contributed by atoms with Crippen LogP contribution in [0.5, 0.6) is 11.6 Å². The fourth-order valence-corrected chi connectivity index (χ4v) is 1.98. The van der Waals surface area contributed by atoms with E-state index in [1.807, 2.05) is 48.7 Å². The number of para-hydroxylation sites is 1. The van der Waals surface area contributed by atoms with E-state index < -0.39 is 0 Å². The molecule has 1 aromatic carbocycles. The molecule has 4 nitrogen and oxygen atoms in total. The Morgan fingerprint density at radius 1 is 1.05 bits per heavy atom. The Kier molecular flexibility index (Phi) is 6.03. The first-order valence-electron chi connectivity index (χ1n) is 7.29. The predicted molar refractivity (Wildman–Crippen MR) is 83.8 cm³/mol. The summed E-state index contributed by atoms with van der Waals surface area (Å²) in [6, 6.07) is 13.9. The third-order valence-corrected chi connectivity index (χ3v) is 3.11. The fourth-order valence-electron chi connectivity index (χ4n) is 1.98. The smallest absolute Gasteiger partial charge is 0.213 e. The van der Waals surface area contributed by atoms with Crippen molar-refractivity contribution >= 4 is 0 Å². The van der Waals surface area contributed by atoms with Gasteiger partial charge in [-0.3, -0.25) is 0 Å². The molecule has 112 valence electrons. The Hall–Kier alpha value is -2.07. The second-order valence-corrected chi connectivity index (χ2v) is 4.72. The highest BCUT2D eigenvalue weighted by atomic mass is 16.5. The minimum atomic E-state index is 0.304. The molecule has 0 saturated carbocycles. The third kappa shape index (κ3) is 5.08. The summed E-state index contributed by atoms with van der Waals surface area (Å²) in [6.07, 6.45) is 1.85. The molecule has 0 aliphatic heterocycles. The molecule has 0 amide bonds. The van der Waals surface area contributed by atoms with Crippen LogP contribution in [0.3, 0.4) is 0 Å². The van der Waals surface area contributed by atoms with Gasteiger partial charge >= 0.3 is 0 Å². The zero-order valence-corrected chi connectivity index (χ0v) is 12.6. The van der Waals surface area contributed by atoms with E-state index in [0.717, 1.165) is 17.9 Å². The van der Waals surface area contributed by atoms with Gasteiger partial charge in [0.25, 0.3) is 0 Å². The maximum Gasteiger partial charge on any atom is 0.213 e. The average Bonchev–Trinajstić information content (AvgIpc) is 2.53. The standard InChI is InChI=1S/C17H22N2O2/c1-3-18-14(2)15-9-10-17(19-13-15)21-12-11-20-16-7-5-4-6-8-16/h4-10,13-14,18H,3,11-12H2,1-2H3. The Balaban J connectivity index is 1.73. The van der Waals surface area contributed by atoms with Crippen molar-refractivity contribution in [1.29, 1.82) is 0 Å². The van der Waals surface area contributed by atoms with Crippen LogP contribution in [0.4, 0.5) is 0 Å². The first kappa shape index (κ1) is 15.3. The van der Waals surface area contributed by atoms with Crippen molar-refractivity contribution < 1.29 is 9.47 Å². The van der Waals surface area contributed by atoms with Crippen LogP contribution < -0.4 is 14.8 Å². The van der Waals surface area contributed by atoms with Crippen LogP contribution in [0.1, 0.15) is 25.5 Å². The lowest BCUT2D eigenvalue weighted by atomic mass is 10.1. The summed E-state index contributed by atoms with van der Waals surface area (Å²) in [7, 11) is 0. The lowest BCUT2D eigenvalue weighted by Gasteiger charge is -2.13. The van der Waals surface area contributed by atoms with Gasteiger partial charge in [-0.15, -0.1) is 0 Å². The molecule has 0 radical (unpaired) electrons. The summed E-state index contributed by atoms with van der Waals surface area (Å²) < 4.78 is 11.1. The second kappa shape index (κ2) is 8.27. The zero-order chi connectivity index (χ0) is 14.9. The first-order valence-corrected chi connectivity index (χ1v) is 7.29. The quantitative estimate of drug-likeness (QED) is 0.757. The fraction of sp³-hybridized carbons (Fsp3) is 0.353. The van der Waals surface area contributed by atoms with Crippen LogP contribution in [0.25, 0.3) is 0 Å². The minimum absolute atomic E-state index is 0.304. The number of benzene rings is 1. The molecule has 0 saturated heterocycles. The van der Waals surface area contributed by atoms with E-state index >= 15 is 0 Å². The van der Waals surface area contributed by atoms with Gasteiger partial charge in [-0.25, -0.2) is 4.98 Å². The summed E-state index contributed by atoms with van der Waals surface area (Å²) in [5.41, 5.74) is 1.16. The van der Waals surface area contributed by atoms with Crippen LogP contribution in [0.15, 0.2) is 48.7 Å². The highest BCUT2D eigenvalue weighted by Gasteiger charge is 2.04. The molecular formula is C17H22N2O2. The highest BCUT2D eigenvalue weighted by Crippen LogP contribution is 2.14. The molecule has 1 N–H and O–H groups in total. The molecular weight excluding hydrogens is 264 g/mol. The van der Waals surface area contributed by atoms with Crippen molar-refractivity contribution in [3.05, 3.63) is 54.2 Å². The van der Waals surface area contributed by atoms with Crippen molar-refractivity contribution in [2.45, 2.75) is 19.9 Å². The molecule has 2 aromatic rings. The van der Waals surface area contributed by atoms with Crippen molar-refractivity contribution in [2.75, 3.05) is 19.8 Å². The van der Waals surface area contributed by atoms with Crippen LogP contribution in [0.2, 0.25) is 0 Å². The highest BCUT2D eigenvalue weighted by molar-refractivity contribution is 5.21. The van der Waals surface area contributed by atoms with E-state index in [4.69, 9.17) is 9.47 Å². The van der Waals surface area contributed by atoms with E-state index in [-0.39, 0.29) is 0 Å². The van der Waals surface area contributed by atoms with Crippen LogP contribution in [-0.2, 0) is 0 Å². The molecule has 4 heteroatoms. The molecule has 0 fully saturated rings. The van der Waals surface area contributed by atoms with Gasteiger partial charge in [-0.05, 0) is 31.2 Å². The predicted octanol–water partition coefficient (Wildman–Crippen LogP) is 3.21. The molecule has 0 aliphatic carbocycles. The molecule has 1 heterocycles. The number of nitrogens with zero attached hydrogens (tertiary/aromatic N) is 1. The van der Waals surface area contributed by atoms with Gasteiger partial charge in [0.15, 0.2) is 0 Å². The number of hydrogen-bond acceptors (Lipinski definition) is 4. The summed E-state index contributed by atoms with van der Waals surface area (Å²) >= 11 is 0. The minimum Gasteiger partial charge on any atom is -0.490 e. The molecule has 1 aromatic heterocycles. The number of hydrogen-bond donors (Lipinski definition) is 1. The number of aromatic nitrogens is 1. The normalized spacial score (nSPS) is 11.9. The van der Waals surface area contributed by atoms with Crippen LogP contribution in [0, 0.1) is 0 Å². The topological polar surface area (TPSA) is 43.4 Å². The summed E-state index contributed by atoms with van der Waals surface area (Å²) in [5, 5.41) is 3.35. The van der Waals surface area contributed by atoms with Crippen LogP contribution >= 0.6 is 0 Å². The molecule has 1 unspecified atom stereocenters. The largest absolute Gasteiger partial charge is 0.490 e. The maximum absolute atomic E-state index is 5.57. The Bertz CT molecular complexity index is 514. The lowest BCUT2D eigenvalue weighted by Crippen LogP contribution is -2.17. The lowest BCUT2D eigenvalue weighted by molar-refractivity contribution is 0.212. The van der Waals surface area contributed by atoms with Crippen LogP contribution in [-0.4, -0.2) is 24.7 Å². The number of pyridine rings is 1. The SMILES string of the molecule is CCNC(C)c1ccc(OCCOc2ccccc2)nc1. The summed E-state index contributed by atoms with van der Waals surface area (Å²) in [5.74, 6) is 1.47. The molecule has 0 bridgehead atoms. The summed E-state index contributed by atoms with van der Waals surface area (Å²) in [4.78, 5) is 4.31. The molecule has 2 rings (SSSR count). The van der Waals surface area contributed by atoms with Gasteiger partial charge in [0.2, 0.25) is 5.88 Å². The van der Waals surface area contributed by atoms with E-state index in [1.165, 1.54) is 0 Å². The van der Waals surface area contributed by atoms with E-state index in [1.54, 1.807) is 0 Å². The average molecular weight is 286 g/mol. The second-order valence-electron chi connectivity index (χ2n) is 4.72. The van der Waals surface area contributed by atoms with Gasteiger partial charge in [-0.2, -0.15) is 0 Å². The third-order valence-electron chi connectivity index (χ3n) is 3.11. The Morgan fingerprint density at radius 3 is 2.48 bits per heavy atom. The number of rotatable bonds is 8. The van der Waals surface area contributed by atoms with Crippen molar-refractivity contribution in [3.8, 4) is 11.6 Å². The molecule has 1 atom stereocenters. The first-order chi connectivity index (χ1) is 10.3. The van der Waals surface area contributed by atoms with E-state index in [0.29, 0.717) is 25.1 Å². The monoisotopic (exact) mass is 286 g/mol. The number of ether oxygens (including phenoxy) is 2. The maximum atomic E-state index is 5.57. The summed E-state index contributed by atoms with van der Waals surface area (Å²) in [6.45, 7) is 6.13. The van der Waals surface area contributed by atoms with Gasteiger partial charge in [0, 0.05) is 18.3 Å². The van der Waals surface area contributed by atoms with Gasteiger partial charge in [0.1, 0.15) is 19.0 Å². The molecule has 0 aliphatic rings.